The molecule has 0 aromatic heterocycles. The fourth-order valence-electron chi connectivity index (χ4n) is 3.26. The molecule has 6 heteroatoms. The van der Waals surface area contributed by atoms with Gasteiger partial charge in [0, 0.05) is 13.1 Å². The first-order chi connectivity index (χ1) is 12.5. The number of carbonyl (C=O) groups excluding carboxylic acids is 2. The van der Waals surface area contributed by atoms with E-state index in [0.717, 1.165) is 24.8 Å². The van der Waals surface area contributed by atoms with Gasteiger partial charge in [-0.2, -0.15) is 0 Å². The van der Waals surface area contributed by atoms with E-state index in [-0.39, 0.29) is 12.5 Å². The number of ether oxygens (including phenoxy) is 1. The van der Waals surface area contributed by atoms with E-state index in [9.17, 15) is 14.7 Å². The van der Waals surface area contributed by atoms with E-state index in [4.69, 9.17) is 4.74 Å². The van der Waals surface area contributed by atoms with Crippen LogP contribution in [-0.2, 0) is 16.1 Å². The zero-order valence-electron chi connectivity index (χ0n) is 15.7. The van der Waals surface area contributed by atoms with Crippen LogP contribution in [0.2, 0.25) is 0 Å². The van der Waals surface area contributed by atoms with Gasteiger partial charge in [0.1, 0.15) is 12.6 Å². The molecule has 0 aliphatic carbocycles. The molecular weight excluding hydrogens is 332 g/mol. The number of alkyl carbamates (subject to hydrolysis) is 1. The van der Waals surface area contributed by atoms with E-state index in [1.165, 1.54) is 0 Å². The number of amides is 2. The molecule has 1 aliphatic heterocycles. The fourth-order valence-corrected chi connectivity index (χ4v) is 3.26. The number of likely N-dealkylation sites (tertiary alicyclic amines) is 1. The maximum atomic E-state index is 13.0. The third-order valence-electron chi connectivity index (χ3n) is 5.15. The second kappa shape index (κ2) is 9.57. The van der Waals surface area contributed by atoms with Crippen molar-refractivity contribution < 1.29 is 19.4 Å². The summed E-state index contributed by atoms with van der Waals surface area (Å²) in [5.74, 6) is -0.229. The molecule has 144 valence electrons. The first-order valence-corrected chi connectivity index (χ1v) is 9.48. The van der Waals surface area contributed by atoms with Gasteiger partial charge in [0.05, 0.1) is 5.60 Å². The van der Waals surface area contributed by atoms with Gasteiger partial charge in [-0.1, -0.05) is 44.2 Å². The van der Waals surface area contributed by atoms with Crippen LogP contribution in [0.4, 0.5) is 4.79 Å². The van der Waals surface area contributed by atoms with Gasteiger partial charge in [-0.25, -0.2) is 4.79 Å². The highest BCUT2D eigenvalue weighted by Crippen LogP contribution is 2.23. The Morgan fingerprint density at radius 1 is 1.15 bits per heavy atom. The highest BCUT2D eigenvalue weighted by molar-refractivity contribution is 5.87. The minimum atomic E-state index is -1.29. The summed E-state index contributed by atoms with van der Waals surface area (Å²) in [7, 11) is 0. The summed E-state index contributed by atoms with van der Waals surface area (Å²) in [6.45, 7) is 5.08. The summed E-state index contributed by atoms with van der Waals surface area (Å²) in [4.78, 5) is 27.0. The van der Waals surface area contributed by atoms with Gasteiger partial charge in [0.2, 0.25) is 5.91 Å². The lowest BCUT2D eigenvalue weighted by Crippen LogP contribution is -2.61. The molecule has 0 saturated carbocycles. The predicted octanol–water partition coefficient (Wildman–Crippen LogP) is 2.85. The van der Waals surface area contributed by atoms with Crippen LogP contribution in [0.5, 0.6) is 0 Å². The van der Waals surface area contributed by atoms with Crippen molar-refractivity contribution in [2.24, 2.45) is 0 Å². The van der Waals surface area contributed by atoms with Crippen molar-refractivity contribution in [1.29, 1.82) is 0 Å². The van der Waals surface area contributed by atoms with Crippen LogP contribution in [0, 0.1) is 0 Å². The Hall–Kier alpha value is -2.08. The van der Waals surface area contributed by atoms with E-state index >= 15 is 0 Å². The largest absolute Gasteiger partial charge is 0.445 e. The van der Waals surface area contributed by atoms with Crippen molar-refractivity contribution in [3.8, 4) is 0 Å². The summed E-state index contributed by atoms with van der Waals surface area (Å²) >= 11 is 0. The molecule has 0 spiro atoms. The topological polar surface area (TPSA) is 78.9 Å². The minimum absolute atomic E-state index is 0.119. The van der Waals surface area contributed by atoms with Gasteiger partial charge >= 0.3 is 6.09 Å². The normalized spacial score (nSPS) is 16.0. The summed E-state index contributed by atoms with van der Waals surface area (Å²) < 4.78 is 5.25. The third kappa shape index (κ3) is 5.21. The number of piperidine rings is 1. The fraction of sp³-hybridized carbons (Fsp3) is 0.600. The lowest BCUT2D eigenvalue weighted by Gasteiger charge is -2.38. The van der Waals surface area contributed by atoms with Crippen LogP contribution in [0.25, 0.3) is 0 Å². The number of nitrogens with one attached hydrogen (secondary N) is 1. The van der Waals surface area contributed by atoms with E-state index in [2.05, 4.69) is 5.32 Å². The molecule has 26 heavy (non-hydrogen) atoms. The van der Waals surface area contributed by atoms with Crippen molar-refractivity contribution in [2.75, 3.05) is 13.1 Å². The highest BCUT2D eigenvalue weighted by atomic mass is 16.5. The lowest BCUT2D eigenvalue weighted by atomic mass is 9.87. The smallest absolute Gasteiger partial charge is 0.408 e. The Bertz CT molecular complexity index is 581. The van der Waals surface area contributed by atoms with Crippen molar-refractivity contribution >= 4 is 12.0 Å². The van der Waals surface area contributed by atoms with Crippen molar-refractivity contribution in [1.82, 2.24) is 10.2 Å². The predicted molar refractivity (Wildman–Crippen MR) is 99.5 cm³/mol. The molecule has 1 fully saturated rings. The van der Waals surface area contributed by atoms with Crippen LogP contribution in [0.3, 0.4) is 0 Å². The Morgan fingerprint density at radius 3 is 2.35 bits per heavy atom. The molecule has 2 amide bonds. The maximum absolute atomic E-state index is 13.0. The summed E-state index contributed by atoms with van der Waals surface area (Å²) in [5, 5.41) is 13.5. The summed E-state index contributed by atoms with van der Waals surface area (Å²) in [6.07, 6.45) is 3.05. The second-order valence-corrected chi connectivity index (χ2v) is 6.84. The van der Waals surface area contributed by atoms with Gasteiger partial charge in [-0.05, 0) is 37.7 Å². The Kier molecular flexibility index (Phi) is 7.45. The van der Waals surface area contributed by atoms with Gasteiger partial charge in [0.15, 0.2) is 0 Å². The molecular formula is C20H30N2O4. The van der Waals surface area contributed by atoms with Crippen LogP contribution in [0.1, 0.15) is 51.5 Å². The van der Waals surface area contributed by atoms with Gasteiger partial charge < -0.3 is 20.1 Å². The van der Waals surface area contributed by atoms with Crippen LogP contribution in [-0.4, -0.2) is 46.7 Å². The maximum Gasteiger partial charge on any atom is 0.408 e. The van der Waals surface area contributed by atoms with Gasteiger partial charge in [0.25, 0.3) is 0 Å². The molecule has 0 radical (unpaired) electrons. The molecule has 1 aliphatic rings. The number of hydrogen-bond acceptors (Lipinski definition) is 4. The van der Waals surface area contributed by atoms with Crippen LogP contribution in [0.15, 0.2) is 30.3 Å². The quantitative estimate of drug-likeness (QED) is 0.782. The average Bonchev–Trinajstić information content (AvgIpc) is 2.71. The Morgan fingerprint density at radius 2 is 1.77 bits per heavy atom. The standard InChI is InChI=1S/C20H30N2O4/c1-3-20(25,4-2)17(18(23)22-13-9-6-10-14-22)21-19(24)26-15-16-11-7-5-8-12-16/h5,7-8,11-12,17,25H,3-4,6,9-10,13-15H2,1-2H3,(H,21,24). The van der Waals surface area contributed by atoms with Crippen LogP contribution >= 0.6 is 0 Å². The SMILES string of the molecule is CCC(O)(CC)C(NC(=O)OCc1ccccc1)C(=O)N1CCCCC1. The molecule has 2 rings (SSSR count). The number of aliphatic hydroxyl groups is 1. The number of carbonyl (C=O) groups is 2. The first-order valence-electron chi connectivity index (χ1n) is 9.48. The zero-order valence-corrected chi connectivity index (χ0v) is 15.7. The van der Waals surface area contributed by atoms with E-state index in [0.29, 0.717) is 25.9 Å². The van der Waals surface area contributed by atoms with Gasteiger partial charge in [-0.15, -0.1) is 0 Å². The van der Waals surface area contributed by atoms with Gasteiger partial charge in [-0.3, -0.25) is 4.79 Å². The molecule has 1 unspecified atom stereocenters. The summed E-state index contributed by atoms with van der Waals surface area (Å²) in [5.41, 5.74) is -0.428. The average molecular weight is 362 g/mol. The van der Waals surface area contributed by atoms with E-state index in [1.54, 1.807) is 4.90 Å². The molecule has 1 saturated heterocycles. The molecule has 1 aromatic carbocycles. The lowest BCUT2D eigenvalue weighted by molar-refractivity contribution is -0.142. The molecule has 1 heterocycles. The highest BCUT2D eigenvalue weighted by Gasteiger charge is 2.42. The minimum Gasteiger partial charge on any atom is -0.445 e. The summed E-state index contributed by atoms with van der Waals surface area (Å²) in [6, 6.07) is 8.34. The number of nitrogens with zero attached hydrogens (tertiary/aromatic N) is 1. The van der Waals surface area contributed by atoms with Crippen LogP contribution < -0.4 is 5.32 Å². The number of benzene rings is 1. The zero-order chi connectivity index (χ0) is 19.0. The molecule has 1 atom stereocenters. The van der Waals surface area contributed by atoms with E-state index in [1.807, 2.05) is 44.2 Å². The van der Waals surface area contributed by atoms with Crippen molar-refractivity contribution in [3.05, 3.63) is 35.9 Å². The number of hydrogen-bond donors (Lipinski definition) is 2. The monoisotopic (exact) mass is 362 g/mol. The molecule has 2 N–H and O–H groups in total. The Balaban J connectivity index is 2.05. The molecule has 1 aromatic rings. The molecule has 0 bridgehead atoms. The van der Waals surface area contributed by atoms with Crippen molar-refractivity contribution in [2.45, 2.75) is 64.2 Å². The van der Waals surface area contributed by atoms with E-state index < -0.39 is 17.7 Å². The third-order valence-corrected chi connectivity index (χ3v) is 5.15. The van der Waals surface area contributed by atoms with Crippen molar-refractivity contribution in [3.63, 3.8) is 0 Å². The number of rotatable bonds is 7. The first kappa shape index (κ1) is 20.2. The second-order valence-electron chi connectivity index (χ2n) is 6.84. The Labute approximate surface area is 155 Å². The molecule has 6 nitrogen and oxygen atoms in total.